The summed E-state index contributed by atoms with van der Waals surface area (Å²) >= 11 is 9.82. The van der Waals surface area contributed by atoms with Crippen LogP contribution in [0.1, 0.15) is 41.1 Å². The second kappa shape index (κ2) is 6.51. The van der Waals surface area contributed by atoms with Crippen LogP contribution < -0.4 is 5.32 Å². The number of halogens is 2. The molecule has 2 aromatic rings. The topological polar surface area (TPSA) is 12.0 Å². The van der Waals surface area contributed by atoms with Crippen molar-refractivity contribution in [3.8, 4) is 0 Å². The lowest BCUT2D eigenvalue weighted by molar-refractivity contribution is 0.666. The first-order valence-electron chi connectivity index (χ1n) is 7.43. The van der Waals surface area contributed by atoms with Crippen LogP contribution in [-0.2, 0) is 12.8 Å². The predicted molar refractivity (Wildman–Crippen MR) is 93.1 cm³/mol. The molecule has 0 radical (unpaired) electrons. The summed E-state index contributed by atoms with van der Waals surface area (Å²) in [5, 5.41) is 4.19. The quantitative estimate of drug-likeness (QED) is 0.780. The fourth-order valence-corrected chi connectivity index (χ4v) is 3.83. The maximum Gasteiger partial charge on any atom is 0.0586 e. The van der Waals surface area contributed by atoms with E-state index in [1.54, 1.807) is 0 Å². The normalized spacial score (nSPS) is 15.6. The molecule has 1 unspecified atom stereocenters. The minimum Gasteiger partial charge on any atom is -0.309 e. The van der Waals surface area contributed by atoms with Gasteiger partial charge in [-0.25, -0.2) is 0 Å². The van der Waals surface area contributed by atoms with E-state index in [-0.39, 0.29) is 6.04 Å². The van der Waals surface area contributed by atoms with Gasteiger partial charge in [0, 0.05) is 9.50 Å². The summed E-state index contributed by atoms with van der Waals surface area (Å²) in [6.45, 7) is 0. The van der Waals surface area contributed by atoms with E-state index in [1.165, 1.54) is 47.9 Å². The lowest BCUT2D eigenvalue weighted by Crippen LogP contribution is -2.19. The van der Waals surface area contributed by atoms with Gasteiger partial charge in [-0.05, 0) is 73.2 Å². The summed E-state index contributed by atoms with van der Waals surface area (Å²) in [6, 6.07) is 13.0. The Morgan fingerprint density at radius 2 is 1.81 bits per heavy atom. The maximum absolute atomic E-state index is 6.17. The molecule has 1 N–H and O–H groups in total. The molecule has 3 heteroatoms. The monoisotopic (exact) mass is 363 g/mol. The standard InChI is InChI=1S/C18H19BrClN/c1-21-18(16-11-15(20)8-9-17(16)19)14-7-6-12-4-2-3-5-13(12)10-14/h6-11,18,21H,2-5H2,1H3. The van der Waals surface area contributed by atoms with Crippen molar-refractivity contribution in [1.82, 2.24) is 5.32 Å². The van der Waals surface area contributed by atoms with Crippen molar-refractivity contribution in [2.24, 2.45) is 0 Å². The lowest BCUT2D eigenvalue weighted by atomic mass is 9.88. The summed E-state index contributed by atoms with van der Waals surface area (Å²) in [4.78, 5) is 0. The molecule has 3 rings (SSSR count). The summed E-state index contributed by atoms with van der Waals surface area (Å²) in [5.41, 5.74) is 5.52. The van der Waals surface area contributed by atoms with Crippen LogP contribution in [0.15, 0.2) is 40.9 Å². The smallest absolute Gasteiger partial charge is 0.0586 e. The second-order valence-electron chi connectivity index (χ2n) is 5.62. The highest BCUT2D eigenvalue weighted by atomic mass is 79.9. The molecule has 0 saturated carbocycles. The Hall–Kier alpha value is -0.830. The Labute approximate surface area is 139 Å². The zero-order chi connectivity index (χ0) is 14.8. The number of nitrogens with one attached hydrogen (secondary N) is 1. The molecule has 1 atom stereocenters. The molecule has 0 bridgehead atoms. The molecule has 0 spiro atoms. The molecular weight excluding hydrogens is 346 g/mol. The van der Waals surface area contributed by atoms with Gasteiger partial charge < -0.3 is 5.32 Å². The largest absolute Gasteiger partial charge is 0.309 e. The molecule has 0 saturated heterocycles. The summed E-state index contributed by atoms with van der Waals surface area (Å²) < 4.78 is 1.09. The Kier molecular flexibility index (Phi) is 4.68. The number of rotatable bonds is 3. The van der Waals surface area contributed by atoms with Crippen LogP contribution in [-0.4, -0.2) is 7.05 Å². The van der Waals surface area contributed by atoms with Crippen LogP contribution in [0.2, 0.25) is 5.02 Å². The van der Waals surface area contributed by atoms with Gasteiger partial charge in [0.05, 0.1) is 6.04 Å². The van der Waals surface area contributed by atoms with E-state index >= 15 is 0 Å². The van der Waals surface area contributed by atoms with Crippen LogP contribution in [0.3, 0.4) is 0 Å². The molecule has 110 valence electrons. The number of benzene rings is 2. The molecule has 21 heavy (non-hydrogen) atoms. The summed E-state index contributed by atoms with van der Waals surface area (Å²) in [7, 11) is 2.00. The Balaban J connectivity index is 2.01. The highest BCUT2D eigenvalue weighted by Gasteiger charge is 2.18. The van der Waals surface area contributed by atoms with Crippen molar-refractivity contribution in [1.29, 1.82) is 0 Å². The van der Waals surface area contributed by atoms with E-state index in [1.807, 2.05) is 25.2 Å². The van der Waals surface area contributed by atoms with Gasteiger partial charge in [0.25, 0.3) is 0 Å². The first-order valence-corrected chi connectivity index (χ1v) is 8.60. The lowest BCUT2D eigenvalue weighted by Gasteiger charge is -2.22. The fourth-order valence-electron chi connectivity index (χ4n) is 3.17. The van der Waals surface area contributed by atoms with E-state index in [2.05, 4.69) is 39.4 Å². The first-order chi connectivity index (χ1) is 10.2. The van der Waals surface area contributed by atoms with Crippen molar-refractivity contribution >= 4 is 27.5 Å². The third kappa shape index (κ3) is 3.18. The van der Waals surface area contributed by atoms with Crippen molar-refractivity contribution < 1.29 is 0 Å². The SMILES string of the molecule is CNC(c1ccc2c(c1)CCCC2)c1cc(Cl)ccc1Br. The van der Waals surface area contributed by atoms with Crippen molar-refractivity contribution in [3.63, 3.8) is 0 Å². The highest BCUT2D eigenvalue weighted by molar-refractivity contribution is 9.10. The third-order valence-electron chi connectivity index (χ3n) is 4.26. The average Bonchev–Trinajstić information content (AvgIpc) is 2.51. The van der Waals surface area contributed by atoms with Crippen molar-refractivity contribution in [2.45, 2.75) is 31.7 Å². The molecular formula is C18H19BrClN. The van der Waals surface area contributed by atoms with Gasteiger partial charge in [0.1, 0.15) is 0 Å². The van der Waals surface area contributed by atoms with E-state index in [0.717, 1.165) is 9.50 Å². The van der Waals surface area contributed by atoms with Crippen LogP contribution >= 0.6 is 27.5 Å². The van der Waals surface area contributed by atoms with E-state index in [9.17, 15) is 0 Å². The number of fused-ring (bicyclic) bond motifs is 1. The molecule has 1 nitrogen and oxygen atoms in total. The number of aryl methyl sites for hydroxylation is 2. The van der Waals surface area contributed by atoms with Crippen LogP contribution in [0, 0.1) is 0 Å². The Morgan fingerprint density at radius 1 is 1.05 bits per heavy atom. The molecule has 0 heterocycles. The highest BCUT2D eigenvalue weighted by Crippen LogP contribution is 2.32. The van der Waals surface area contributed by atoms with Gasteiger partial charge >= 0.3 is 0 Å². The maximum atomic E-state index is 6.17. The van der Waals surface area contributed by atoms with Gasteiger partial charge in [-0.15, -0.1) is 0 Å². The summed E-state index contributed by atoms with van der Waals surface area (Å²) in [5.74, 6) is 0. The fraction of sp³-hybridized carbons (Fsp3) is 0.333. The first kappa shape index (κ1) is 15.1. The van der Waals surface area contributed by atoms with Gasteiger partial charge in [-0.3, -0.25) is 0 Å². The molecule has 0 aromatic heterocycles. The van der Waals surface area contributed by atoms with Crippen LogP contribution in [0.5, 0.6) is 0 Å². The number of hydrogen-bond donors (Lipinski definition) is 1. The minimum atomic E-state index is 0.158. The molecule has 0 fully saturated rings. The number of hydrogen-bond acceptors (Lipinski definition) is 1. The minimum absolute atomic E-state index is 0.158. The van der Waals surface area contributed by atoms with Gasteiger partial charge in [0.2, 0.25) is 0 Å². The van der Waals surface area contributed by atoms with Gasteiger partial charge in [0.15, 0.2) is 0 Å². The second-order valence-corrected chi connectivity index (χ2v) is 6.91. The Morgan fingerprint density at radius 3 is 2.57 bits per heavy atom. The zero-order valence-corrected chi connectivity index (χ0v) is 14.5. The van der Waals surface area contributed by atoms with Crippen LogP contribution in [0.25, 0.3) is 0 Å². The van der Waals surface area contributed by atoms with E-state index < -0.39 is 0 Å². The predicted octanol–water partition coefficient (Wildman–Crippen LogP) is 5.29. The molecule has 2 aromatic carbocycles. The van der Waals surface area contributed by atoms with E-state index in [4.69, 9.17) is 11.6 Å². The van der Waals surface area contributed by atoms with Gasteiger partial charge in [-0.1, -0.05) is 45.7 Å². The molecule has 1 aliphatic carbocycles. The van der Waals surface area contributed by atoms with E-state index in [0.29, 0.717) is 0 Å². The molecule has 0 aliphatic heterocycles. The van der Waals surface area contributed by atoms with Crippen molar-refractivity contribution in [3.05, 3.63) is 68.1 Å². The Bertz CT molecular complexity index is 654. The zero-order valence-electron chi connectivity index (χ0n) is 12.1. The van der Waals surface area contributed by atoms with Crippen LogP contribution in [0.4, 0.5) is 0 Å². The molecule has 1 aliphatic rings. The van der Waals surface area contributed by atoms with Crippen molar-refractivity contribution in [2.75, 3.05) is 7.05 Å². The third-order valence-corrected chi connectivity index (χ3v) is 5.22. The average molecular weight is 365 g/mol. The van der Waals surface area contributed by atoms with Gasteiger partial charge in [-0.2, -0.15) is 0 Å². The molecule has 0 amide bonds. The summed E-state index contributed by atoms with van der Waals surface area (Å²) in [6.07, 6.45) is 5.06.